The van der Waals surface area contributed by atoms with Gasteiger partial charge in [-0.05, 0) is 30.9 Å². The summed E-state index contributed by atoms with van der Waals surface area (Å²) in [6.45, 7) is 0. The largest absolute Gasteiger partial charge is 0.508 e. The van der Waals surface area contributed by atoms with Crippen LogP contribution >= 0.6 is 0 Å². The van der Waals surface area contributed by atoms with Crippen molar-refractivity contribution in [3.8, 4) is 5.75 Å². The lowest BCUT2D eigenvalue weighted by Gasteiger charge is -2.04. The molecule has 0 radical (unpaired) electrons. The van der Waals surface area contributed by atoms with Crippen LogP contribution in [0.2, 0.25) is 0 Å². The summed E-state index contributed by atoms with van der Waals surface area (Å²) in [5.41, 5.74) is 1.04. The normalized spacial score (nSPS) is 10.6. The highest BCUT2D eigenvalue weighted by Crippen LogP contribution is 2.19. The van der Waals surface area contributed by atoms with Crippen molar-refractivity contribution < 1.29 is 15.0 Å². The van der Waals surface area contributed by atoms with Gasteiger partial charge in [0.25, 0.3) is 0 Å². The van der Waals surface area contributed by atoms with Crippen LogP contribution in [-0.4, -0.2) is 16.2 Å². The number of carbonyl (C=O) groups is 1. The van der Waals surface area contributed by atoms with Gasteiger partial charge in [0.05, 0.1) is 0 Å². The Morgan fingerprint density at radius 3 is 2.00 bits per heavy atom. The number of unbranched alkanes of at least 4 members (excludes halogenated alkanes) is 7. The third-order valence-corrected chi connectivity index (χ3v) is 3.58. The molecule has 1 aromatic carbocycles. The van der Waals surface area contributed by atoms with E-state index in [1.54, 1.807) is 6.07 Å². The van der Waals surface area contributed by atoms with Gasteiger partial charge in [-0.2, -0.15) is 0 Å². The van der Waals surface area contributed by atoms with Crippen LogP contribution in [-0.2, 0) is 11.2 Å². The second-order valence-corrected chi connectivity index (χ2v) is 5.35. The SMILES string of the molecule is O=C(O)CCCCCCCCCCc1ccccc1O. The van der Waals surface area contributed by atoms with Gasteiger partial charge in [0.15, 0.2) is 0 Å². The molecular formula is C17H26O3. The van der Waals surface area contributed by atoms with Gasteiger partial charge < -0.3 is 10.2 Å². The average Bonchev–Trinajstić information content (AvgIpc) is 2.42. The first-order valence-corrected chi connectivity index (χ1v) is 7.69. The zero-order valence-electron chi connectivity index (χ0n) is 12.2. The quantitative estimate of drug-likeness (QED) is 0.585. The van der Waals surface area contributed by atoms with Crippen LogP contribution in [0.4, 0.5) is 0 Å². The summed E-state index contributed by atoms with van der Waals surface area (Å²) in [4.78, 5) is 10.3. The van der Waals surface area contributed by atoms with Gasteiger partial charge in [-0.15, -0.1) is 0 Å². The molecule has 112 valence electrons. The van der Waals surface area contributed by atoms with Gasteiger partial charge in [-0.3, -0.25) is 4.79 Å². The van der Waals surface area contributed by atoms with Gasteiger partial charge >= 0.3 is 5.97 Å². The van der Waals surface area contributed by atoms with Gasteiger partial charge in [0.1, 0.15) is 5.75 Å². The molecule has 0 amide bonds. The van der Waals surface area contributed by atoms with Crippen LogP contribution in [0.3, 0.4) is 0 Å². The number of carboxylic acids is 1. The number of aromatic hydroxyl groups is 1. The molecule has 0 aliphatic heterocycles. The van der Waals surface area contributed by atoms with E-state index in [1.165, 1.54) is 25.7 Å². The molecule has 3 heteroatoms. The molecular weight excluding hydrogens is 252 g/mol. The number of phenolic OH excluding ortho intramolecular Hbond substituents is 1. The Hall–Kier alpha value is -1.51. The highest BCUT2D eigenvalue weighted by Gasteiger charge is 1.99. The van der Waals surface area contributed by atoms with Crippen LogP contribution in [0.1, 0.15) is 63.4 Å². The Bertz CT molecular complexity index is 388. The first-order chi connectivity index (χ1) is 9.70. The number of phenols is 1. The third-order valence-electron chi connectivity index (χ3n) is 3.58. The molecule has 0 aliphatic rings. The van der Waals surface area contributed by atoms with Crippen molar-refractivity contribution in [2.24, 2.45) is 0 Å². The van der Waals surface area contributed by atoms with E-state index in [9.17, 15) is 9.90 Å². The molecule has 0 saturated carbocycles. The van der Waals surface area contributed by atoms with E-state index in [-0.39, 0.29) is 0 Å². The lowest BCUT2D eigenvalue weighted by Crippen LogP contribution is -1.93. The lowest BCUT2D eigenvalue weighted by molar-refractivity contribution is -0.137. The molecule has 1 rings (SSSR count). The van der Waals surface area contributed by atoms with E-state index in [1.807, 2.05) is 18.2 Å². The summed E-state index contributed by atoms with van der Waals surface area (Å²) in [6, 6.07) is 7.54. The molecule has 0 unspecified atom stereocenters. The molecule has 0 heterocycles. The standard InChI is InChI=1S/C17H26O3/c18-16-13-10-9-12-15(16)11-7-5-3-1-2-4-6-8-14-17(19)20/h9-10,12-13,18H,1-8,11,14H2,(H,19,20). The van der Waals surface area contributed by atoms with Crippen molar-refractivity contribution in [1.29, 1.82) is 0 Å². The molecule has 0 spiro atoms. The summed E-state index contributed by atoms with van der Waals surface area (Å²) in [6.07, 6.45) is 10.2. The number of aliphatic carboxylic acids is 1. The Balaban J connectivity index is 1.90. The topological polar surface area (TPSA) is 57.5 Å². The number of aryl methyl sites for hydroxylation is 1. The maximum atomic E-state index is 10.3. The molecule has 20 heavy (non-hydrogen) atoms. The van der Waals surface area contributed by atoms with Gasteiger partial charge in [-0.1, -0.05) is 56.7 Å². The van der Waals surface area contributed by atoms with Gasteiger partial charge in [0, 0.05) is 6.42 Å². The van der Waals surface area contributed by atoms with Gasteiger partial charge in [0.2, 0.25) is 0 Å². The minimum atomic E-state index is -0.686. The molecule has 0 aromatic heterocycles. The van der Waals surface area contributed by atoms with Crippen molar-refractivity contribution in [2.75, 3.05) is 0 Å². The summed E-state index contributed by atoms with van der Waals surface area (Å²) < 4.78 is 0. The molecule has 2 N–H and O–H groups in total. The van der Waals surface area contributed by atoms with Crippen molar-refractivity contribution in [2.45, 2.75) is 64.2 Å². The number of hydrogen-bond acceptors (Lipinski definition) is 2. The first-order valence-electron chi connectivity index (χ1n) is 7.69. The lowest BCUT2D eigenvalue weighted by atomic mass is 10.0. The zero-order valence-corrected chi connectivity index (χ0v) is 12.2. The van der Waals surface area contributed by atoms with E-state index in [4.69, 9.17) is 5.11 Å². The second kappa shape index (κ2) is 10.3. The Morgan fingerprint density at radius 1 is 0.850 bits per heavy atom. The second-order valence-electron chi connectivity index (χ2n) is 5.35. The van der Waals surface area contributed by atoms with Crippen LogP contribution in [0, 0.1) is 0 Å². The predicted octanol–water partition coefficient (Wildman–Crippen LogP) is 4.53. The fourth-order valence-corrected chi connectivity index (χ4v) is 2.37. The monoisotopic (exact) mass is 278 g/mol. The predicted molar refractivity (Wildman–Crippen MR) is 81.0 cm³/mol. The molecule has 1 aromatic rings. The highest BCUT2D eigenvalue weighted by atomic mass is 16.4. The van der Waals surface area contributed by atoms with Crippen molar-refractivity contribution in [1.82, 2.24) is 0 Å². The van der Waals surface area contributed by atoms with E-state index in [0.717, 1.165) is 37.7 Å². The van der Waals surface area contributed by atoms with E-state index in [2.05, 4.69) is 0 Å². The number of para-hydroxylation sites is 1. The van der Waals surface area contributed by atoms with Crippen molar-refractivity contribution >= 4 is 5.97 Å². The minimum absolute atomic E-state index is 0.306. The first kappa shape index (κ1) is 16.5. The number of rotatable bonds is 11. The van der Waals surface area contributed by atoms with Crippen molar-refractivity contribution in [3.63, 3.8) is 0 Å². The number of hydrogen-bond donors (Lipinski definition) is 2. The Kier molecular flexibility index (Phi) is 8.52. The molecule has 3 nitrogen and oxygen atoms in total. The molecule has 0 saturated heterocycles. The zero-order chi connectivity index (χ0) is 14.6. The Labute approximate surface area is 121 Å². The molecule has 0 aliphatic carbocycles. The molecule has 0 fully saturated rings. The van der Waals surface area contributed by atoms with Crippen LogP contribution in [0.5, 0.6) is 5.75 Å². The fourth-order valence-electron chi connectivity index (χ4n) is 2.37. The van der Waals surface area contributed by atoms with Crippen LogP contribution in [0.15, 0.2) is 24.3 Å². The maximum Gasteiger partial charge on any atom is 0.303 e. The van der Waals surface area contributed by atoms with Crippen LogP contribution in [0.25, 0.3) is 0 Å². The highest BCUT2D eigenvalue weighted by molar-refractivity contribution is 5.66. The third kappa shape index (κ3) is 7.82. The molecule has 0 atom stereocenters. The summed E-state index contributed by atoms with van der Waals surface area (Å²) >= 11 is 0. The van der Waals surface area contributed by atoms with Crippen LogP contribution < -0.4 is 0 Å². The Morgan fingerprint density at radius 2 is 1.40 bits per heavy atom. The number of benzene rings is 1. The minimum Gasteiger partial charge on any atom is -0.508 e. The van der Waals surface area contributed by atoms with E-state index >= 15 is 0 Å². The van der Waals surface area contributed by atoms with Crippen molar-refractivity contribution in [3.05, 3.63) is 29.8 Å². The van der Waals surface area contributed by atoms with Gasteiger partial charge in [-0.25, -0.2) is 0 Å². The summed E-state index contributed by atoms with van der Waals surface area (Å²) in [5.74, 6) is -0.278. The fraction of sp³-hybridized carbons (Fsp3) is 0.588. The average molecular weight is 278 g/mol. The van der Waals surface area contributed by atoms with E-state index < -0.39 is 5.97 Å². The smallest absolute Gasteiger partial charge is 0.303 e. The maximum absolute atomic E-state index is 10.3. The summed E-state index contributed by atoms with van der Waals surface area (Å²) in [5, 5.41) is 18.1. The van der Waals surface area contributed by atoms with E-state index in [0.29, 0.717) is 12.2 Å². The molecule has 0 bridgehead atoms. The summed E-state index contributed by atoms with van der Waals surface area (Å²) in [7, 11) is 0. The number of carboxylic acid groups (broad SMARTS) is 1.